The van der Waals surface area contributed by atoms with Crippen molar-refractivity contribution in [1.29, 1.82) is 0 Å². The van der Waals surface area contributed by atoms with E-state index < -0.39 is 0 Å². The van der Waals surface area contributed by atoms with E-state index in [1.165, 1.54) is 11.6 Å². The number of benzene rings is 2. The molecular formula is C18H22FNO. The normalized spacial score (nSPS) is 10.6. The molecule has 0 heterocycles. The number of halogens is 1. The van der Waals surface area contributed by atoms with Crippen LogP contribution in [0, 0.1) is 12.7 Å². The first-order valence-corrected chi connectivity index (χ1v) is 7.36. The van der Waals surface area contributed by atoms with E-state index in [-0.39, 0.29) is 5.82 Å². The van der Waals surface area contributed by atoms with E-state index in [1.807, 2.05) is 37.3 Å². The Morgan fingerprint density at radius 1 is 1.05 bits per heavy atom. The van der Waals surface area contributed by atoms with Gasteiger partial charge in [0, 0.05) is 12.6 Å². The molecule has 21 heavy (non-hydrogen) atoms. The van der Waals surface area contributed by atoms with Crippen molar-refractivity contribution in [3.63, 3.8) is 0 Å². The molecule has 0 radical (unpaired) electrons. The summed E-state index contributed by atoms with van der Waals surface area (Å²) in [4.78, 5) is 0. The van der Waals surface area contributed by atoms with Gasteiger partial charge >= 0.3 is 0 Å². The lowest BCUT2D eigenvalue weighted by Crippen LogP contribution is -2.14. The van der Waals surface area contributed by atoms with Crippen LogP contribution in [-0.2, 0) is 13.2 Å². The van der Waals surface area contributed by atoms with Crippen molar-refractivity contribution >= 4 is 0 Å². The van der Waals surface area contributed by atoms with Crippen molar-refractivity contribution in [3.05, 3.63) is 65.0 Å². The quantitative estimate of drug-likeness (QED) is 0.770. The minimum absolute atomic E-state index is 0.260. The molecule has 2 aromatic rings. The van der Waals surface area contributed by atoms with Crippen molar-refractivity contribution in [2.45, 2.75) is 33.4 Å². The van der Waals surface area contributed by atoms with Crippen LogP contribution in [0.3, 0.4) is 0 Å². The maximum Gasteiger partial charge on any atom is 0.127 e. The summed E-state index contributed by atoms with van der Waals surface area (Å²) in [5, 5.41) is 3.26. The Bertz CT molecular complexity index is 566. The van der Waals surface area contributed by atoms with Crippen molar-refractivity contribution in [2.24, 2.45) is 0 Å². The summed E-state index contributed by atoms with van der Waals surface area (Å²) in [5.41, 5.74) is 3.20. The standard InChI is InChI=1S/C18H22FNO/c1-3-8-20-12-16-9-17(19)11-18(10-16)21-13-15-6-4-14(2)5-7-15/h4-7,9-11,20H,3,8,12-13H2,1-2H3. The van der Waals surface area contributed by atoms with Gasteiger partial charge in [-0.1, -0.05) is 36.8 Å². The highest BCUT2D eigenvalue weighted by molar-refractivity contribution is 5.30. The Morgan fingerprint density at radius 3 is 2.52 bits per heavy atom. The molecule has 3 heteroatoms. The van der Waals surface area contributed by atoms with Gasteiger partial charge in [-0.15, -0.1) is 0 Å². The fraction of sp³-hybridized carbons (Fsp3) is 0.333. The SMILES string of the molecule is CCCNCc1cc(F)cc(OCc2ccc(C)cc2)c1. The molecule has 0 saturated heterocycles. The third kappa shape index (κ3) is 5.20. The zero-order valence-electron chi connectivity index (χ0n) is 12.7. The summed E-state index contributed by atoms with van der Waals surface area (Å²) in [7, 11) is 0. The van der Waals surface area contributed by atoms with Gasteiger partial charge in [-0.2, -0.15) is 0 Å². The third-order valence-electron chi connectivity index (χ3n) is 3.21. The summed E-state index contributed by atoms with van der Waals surface area (Å²) in [5.74, 6) is 0.313. The summed E-state index contributed by atoms with van der Waals surface area (Å²) < 4.78 is 19.3. The molecule has 0 unspecified atom stereocenters. The highest BCUT2D eigenvalue weighted by atomic mass is 19.1. The van der Waals surface area contributed by atoms with Crippen LogP contribution < -0.4 is 10.1 Å². The molecular weight excluding hydrogens is 265 g/mol. The molecule has 0 amide bonds. The molecule has 2 nitrogen and oxygen atoms in total. The lowest BCUT2D eigenvalue weighted by atomic mass is 10.1. The number of ether oxygens (including phenoxy) is 1. The smallest absolute Gasteiger partial charge is 0.127 e. The van der Waals surface area contributed by atoms with Crippen LogP contribution in [-0.4, -0.2) is 6.54 Å². The Morgan fingerprint density at radius 2 is 1.81 bits per heavy atom. The molecule has 0 aliphatic carbocycles. The van der Waals surface area contributed by atoms with Gasteiger partial charge in [0.2, 0.25) is 0 Å². The first kappa shape index (κ1) is 15.5. The van der Waals surface area contributed by atoms with Crippen LogP contribution in [0.1, 0.15) is 30.0 Å². The number of aryl methyl sites for hydroxylation is 1. The zero-order valence-corrected chi connectivity index (χ0v) is 12.7. The Labute approximate surface area is 126 Å². The van der Waals surface area contributed by atoms with Gasteiger partial charge in [0.15, 0.2) is 0 Å². The molecule has 0 aliphatic rings. The molecule has 0 fully saturated rings. The van der Waals surface area contributed by atoms with Crippen molar-refractivity contribution in [1.82, 2.24) is 5.32 Å². The van der Waals surface area contributed by atoms with E-state index in [9.17, 15) is 4.39 Å². The molecule has 0 saturated carbocycles. The maximum atomic E-state index is 13.6. The lowest BCUT2D eigenvalue weighted by molar-refractivity contribution is 0.304. The minimum Gasteiger partial charge on any atom is -0.489 e. The van der Waals surface area contributed by atoms with Crippen LogP contribution in [0.5, 0.6) is 5.75 Å². The average molecular weight is 287 g/mol. The topological polar surface area (TPSA) is 21.3 Å². The van der Waals surface area contributed by atoms with Crippen LogP contribution in [0.4, 0.5) is 4.39 Å². The molecule has 0 spiro atoms. The third-order valence-corrected chi connectivity index (χ3v) is 3.21. The molecule has 0 bridgehead atoms. The van der Waals surface area contributed by atoms with E-state index in [4.69, 9.17) is 4.74 Å². The Kier molecular flexibility index (Phi) is 5.76. The van der Waals surface area contributed by atoms with Crippen LogP contribution in [0.25, 0.3) is 0 Å². The van der Waals surface area contributed by atoms with Gasteiger partial charge in [0.25, 0.3) is 0 Å². The molecule has 1 N–H and O–H groups in total. The monoisotopic (exact) mass is 287 g/mol. The summed E-state index contributed by atoms with van der Waals surface area (Å²) in [6.45, 7) is 6.19. The molecule has 2 aromatic carbocycles. The second-order valence-corrected chi connectivity index (χ2v) is 5.25. The number of hydrogen-bond acceptors (Lipinski definition) is 2. The fourth-order valence-electron chi connectivity index (χ4n) is 2.07. The van der Waals surface area contributed by atoms with Crippen LogP contribution in [0.15, 0.2) is 42.5 Å². The van der Waals surface area contributed by atoms with Gasteiger partial charge in [-0.25, -0.2) is 4.39 Å². The van der Waals surface area contributed by atoms with Gasteiger partial charge < -0.3 is 10.1 Å². The van der Waals surface area contributed by atoms with Crippen molar-refractivity contribution < 1.29 is 9.13 Å². The van der Waals surface area contributed by atoms with Crippen LogP contribution >= 0.6 is 0 Å². The molecule has 2 rings (SSSR count). The van der Waals surface area contributed by atoms with E-state index in [2.05, 4.69) is 12.2 Å². The van der Waals surface area contributed by atoms with E-state index in [1.54, 1.807) is 6.07 Å². The largest absolute Gasteiger partial charge is 0.489 e. The zero-order chi connectivity index (χ0) is 15.1. The number of rotatable bonds is 7. The lowest BCUT2D eigenvalue weighted by Gasteiger charge is -2.10. The highest BCUT2D eigenvalue weighted by Gasteiger charge is 2.03. The van der Waals surface area contributed by atoms with E-state index in [0.29, 0.717) is 18.9 Å². The Balaban J connectivity index is 1.97. The first-order valence-electron chi connectivity index (χ1n) is 7.36. The predicted octanol–water partition coefficient (Wildman–Crippen LogP) is 4.21. The molecule has 112 valence electrons. The van der Waals surface area contributed by atoms with E-state index in [0.717, 1.165) is 24.1 Å². The van der Waals surface area contributed by atoms with Crippen LogP contribution in [0.2, 0.25) is 0 Å². The molecule has 0 aromatic heterocycles. The Hall–Kier alpha value is -1.87. The summed E-state index contributed by atoms with van der Waals surface area (Å²) in [6, 6.07) is 13.0. The maximum absolute atomic E-state index is 13.6. The fourth-order valence-corrected chi connectivity index (χ4v) is 2.07. The van der Waals surface area contributed by atoms with Gasteiger partial charge in [-0.3, -0.25) is 0 Å². The predicted molar refractivity (Wildman–Crippen MR) is 83.9 cm³/mol. The number of hydrogen-bond donors (Lipinski definition) is 1. The van der Waals surface area contributed by atoms with Crippen molar-refractivity contribution in [2.75, 3.05) is 6.54 Å². The molecule has 0 atom stereocenters. The van der Waals surface area contributed by atoms with Gasteiger partial charge in [0.05, 0.1) is 0 Å². The summed E-state index contributed by atoms with van der Waals surface area (Å²) in [6.07, 6.45) is 1.06. The van der Waals surface area contributed by atoms with Gasteiger partial charge in [-0.05, 0) is 43.1 Å². The summed E-state index contributed by atoms with van der Waals surface area (Å²) >= 11 is 0. The minimum atomic E-state index is -0.260. The van der Waals surface area contributed by atoms with Gasteiger partial charge in [0.1, 0.15) is 18.2 Å². The average Bonchev–Trinajstić information content (AvgIpc) is 2.46. The van der Waals surface area contributed by atoms with E-state index >= 15 is 0 Å². The molecule has 0 aliphatic heterocycles. The van der Waals surface area contributed by atoms with Crippen molar-refractivity contribution in [3.8, 4) is 5.75 Å². The number of nitrogens with one attached hydrogen (secondary N) is 1. The highest BCUT2D eigenvalue weighted by Crippen LogP contribution is 2.18. The second kappa shape index (κ2) is 7.79. The first-order chi connectivity index (χ1) is 10.2. The second-order valence-electron chi connectivity index (χ2n) is 5.25.